The summed E-state index contributed by atoms with van der Waals surface area (Å²) in [6.45, 7) is 7.82. The average molecular weight is 259 g/mol. The minimum atomic E-state index is -1.19. The van der Waals surface area contributed by atoms with Crippen LogP contribution in [0.25, 0.3) is 5.52 Å². The second-order valence-electron chi connectivity index (χ2n) is 5.16. The summed E-state index contributed by atoms with van der Waals surface area (Å²) >= 11 is 0. The number of carboxylic acid groups (broad SMARTS) is 1. The minimum absolute atomic E-state index is 0.185. The van der Waals surface area contributed by atoms with Crippen molar-refractivity contribution in [2.45, 2.75) is 33.6 Å². The highest BCUT2D eigenvalue weighted by atomic mass is 16.4. The fourth-order valence-electron chi connectivity index (χ4n) is 2.28. The van der Waals surface area contributed by atoms with Crippen molar-refractivity contribution in [3.63, 3.8) is 0 Å². The van der Waals surface area contributed by atoms with Gasteiger partial charge in [-0.3, -0.25) is 9.20 Å². The van der Waals surface area contributed by atoms with Crippen molar-refractivity contribution in [1.82, 2.24) is 4.40 Å². The first-order chi connectivity index (χ1) is 8.82. The molecule has 0 amide bonds. The van der Waals surface area contributed by atoms with Crippen molar-refractivity contribution in [3.8, 4) is 0 Å². The zero-order valence-corrected chi connectivity index (χ0v) is 11.5. The number of hydrogen-bond donors (Lipinski definition) is 1. The number of aryl methyl sites for hydroxylation is 2. The van der Waals surface area contributed by atoms with Crippen LogP contribution in [0, 0.1) is 13.8 Å². The zero-order valence-electron chi connectivity index (χ0n) is 11.5. The standard InChI is InChI=1S/C15H17NO3/c1-8(2)11-6-10(4)16-13(7-11)9(3)5-12(14(16)17)15(18)19/h5-8H,1-4H3,(H,18,19). The predicted octanol–water partition coefficient (Wildman–Crippen LogP) is 2.74. The Balaban J connectivity index is 2.95. The number of pyridine rings is 2. The molecule has 0 spiro atoms. The summed E-state index contributed by atoms with van der Waals surface area (Å²) in [5.74, 6) is -0.827. The molecule has 2 rings (SSSR count). The quantitative estimate of drug-likeness (QED) is 0.902. The Labute approximate surface area is 111 Å². The van der Waals surface area contributed by atoms with Crippen LogP contribution in [0.15, 0.2) is 23.0 Å². The fraction of sp³-hybridized carbons (Fsp3) is 0.333. The Morgan fingerprint density at radius 3 is 2.37 bits per heavy atom. The number of carbonyl (C=O) groups is 1. The van der Waals surface area contributed by atoms with Crippen LogP contribution in [-0.4, -0.2) is 15.5 Å². The Kier molecular flexibility index (Phi) is 3.18. The summed E-state index contributed by atoms with van der Waals surface area (Å²) in [6.07, 6.45) is 0. The number of aromatic carboxylic acids is 1. The number of rotatable bonds is 2. The summed E-state index contributed by atoms with van der Waals surface area (Å²) in [4.78, 5) is 23.3. The molecule has 0 saturated carbocycles. The van der Waals surface area contributed by atoms with Crippen LogP contribution in [0.4, 0.5) is 0 Å². The highest BCUT2D eigenvalue weighted by Gasteiger charge is 2.15. The van der Waals surface area contributed by atoms with Crippen molar-refractivity contribution in [2.24, 2.45) is 0 Å². The van der Waals surface area contributed by atoms with E-state index in [0.29, 0.717) is 5.92 Å². The van der Waals surface area contributed by atoms with Gasteiger partial charge in [-0.25, -0.2) is 4.79 Å². The van der Waals surface area contributed by atoms with Gasteiger partial charge in [0.1, 0.15) is 5.56 Å². The molecular formula is C15H17NO3. The van der Waals surface area contributed by atoms with Crippen LogP contribution in [-0.2, 0) is 0 Å². The van der Waals surface area contributed by atoms with E-state index >= 15 is 0 Å². The molecule has 2 aromatic rings. The third-order valence-corrected chi connectivity index (χ3v) is 3.37. The third-order valence-electron chi connectivity index (χ3n) is 3.37. The molecule has 100 valence electrons. The highest BCUT2D eigenvalue weighted by molar-refractivity contribution is 5.88. The van der Waals surface area contributed by atoms with Gasteiger partial charge in [0.15, 0.2) is 0 Å². The molecule has 19 heavy (non-hydrogen) atoms. The zero-order chi connectivity index (χ0) is 14.3. The van der Waals surface area contributed by atoms with Crippen LogP contribution >= 0.6 is 0 Å². The van der Waals surface area contributed by atoms with Gasteiger partial charge in [0.05, 0.1) is 5.52 Å². The minimum Gasteiger partial charge on any atom is -0.477 e. The van der Waals surface area contributed by atoms with E-state index in [-0.39, 0.29) is 5.56 Å². The third kappa shape index (κ3) is 2.14. The van der Waals surface area contributed by atoms with Crippen molar-refractivity contribution in [3.05, 3.63) is 50.9 Å². The maximum absolute atomic E-state index is 12.2. The molecule has 2 aromatic heterocycles. The first kappa shape index (κ1) is 13.3. The van der Waals surface area contributed by atoms with E-state index in [9.17, 15) is 9.59 Å². The van der Waals surface area contributed by atoms with Gasteiger partial charge in [-0.2, -0.15) is 0 Å². The molecule has 0 radical (unpaired) electrons. The van der Waals surface area contributed by atoms with E-state index in [0.717, 1.165) is 22.3 Å². The van der Waals surface area contributed by atoms with Gasteiger partial charge in [0, 0.05) is 5.69 Å². The fourth-order valence-corrected chi connectivity index (χ4v) is 2.28. The number of fused-ring (bicyclic) bond motifs is 1. The van der Waals surface area contributed by atoms with Gasteiger partial charge in [-0.15, -0.1) is 0 Å². The lowest BCUT2D eigenvalue weighted by Gasteiger charge is -2.13. The lowest BCUT2D eigenvalue weighted by Crippen LogP contribution is -2.24. The van der Waals surface area contributed by atoms with E-state index in [1.54, 1.807) is 0 Å². The molecule has 0 fully saturated rings. The summed E-state index contributed by atoms with van der Waals surface area (Å²) in [5, 5.41) is 9.07. The first-order valence-electron chi connectivity index (χ1n) is 6.23. The monoisotopic (exact) mass is 259 g/mol. The molecule has 2 heterocycles. The Hall–Kier alpha value is -2.10. The maximum atomic E-state index is 12.2. The Morgan fingerprint density at radius 2 is 1.84 bits per heavy atom. The summed E-state index contributed by atoms with van der Waals surface area (Å²) in [5.41, 5.74) is 2.82. The molecule has 4 nitrogen and oxygen atoms in total. The van der Waals surface area contributed by atoms with Crippen LogP contribution < -0.4 is 5.56 Å². The summed E-state index contributed by atoms with van der Waals surface area (Å²) < 4.78 is 1.48. The molecule has 0 bridgehead atoms. The first-order valence-corrected chi connectivity index (χ1v) is 6.23. The largest absolute Gasteiger partial charge is 0.477 e. The van der Waals surface area contributed by atoms with E-state index in [1.807, 2.05) is 26.0 Å². The normalized spacial score (nSPS) is 11.2. The molecule has 0 atom stereocenters. The summed E-state index contributed by atoms with van der Waals surface area (Å²) in [6, 6.07) is 5.34. The van der Waals surface area contributed by atoms with Crippen molar-refractivity contribution >= 4 is 11.5 Å². The van der Waals surface area contributed by atoms with E-state index in [1.165, 1.54) is 10.5 Å². The SMILES string of the molecule is Cc1cc(C(=O)O)c(=O)n2c(C)cc(C(C)C)cc12. The van der Waals surface area contributed by atoms with Crippen LogP contribution in [0.3, 0.4) is 0 Å². The number of aromatic nitrogens is 1. The van der Waals surface area contributed by atoms with Crippen molar-refractivity contribution in [2.75, 3.05) is 0 Å². The molecule has 0 aliphatic rings. The molecule has 0 aromatic carbocycles. The van der Waals surface area contributed by atoms with Gasteiger partial charge >= 0.3 is 5.97 Å². The van der Waals surface area contributed by atoms with Crippen molar-refractivity contribution in [1.29, 1.82) is 0 Å². The van der Waals surface area contributed by atoms with Gasteiger partial charge in [0.2, 0.25) is 0 Å². The Bertz CT molecular complexity index is 726. The smallest absolute Gasteiger partial charge is 0.341 e. The summed E-state index contributed by atoms with van der Waals surface area (Å²) in [7, 11) is 0. The number of carboxylic acids is 1. The highest BCUT2D eigenvalue weighted by Crippen LogP contribution is 2.20. The van der Waals surface area contributed by atoms with Crippen LogP contribution in [0.5, 0.6) is 0 Å². The maximum Gasteiger partial charge on any atom is 0.341 e. The molecule has 0 aliphatic carbocycles. The van der Waals surface area contributed by atoms with Gasteiger partial charge in [0.25, 0.3) is 5.56 Å². The second kappa shape index (κ2) is 4.53. The molecule has 4 heteroatoms. The van der Waals surface area contributed by atoms with Gasteiger partial charge < -0.3 is 5.11 Å². The van der Waals surface area contributed by atoms with Gasteiger partial charge in [-0.1, -0.05) is 13.8 Å². The topological polar surface area (TPSA) is 58.8 Å². The van der Waals surface area contributed by atoms with E-state index < -0.39 is 11.5 Å². The van der Waals surface area contributed by atoms with Gasteiger partial charge in [-0.05, 0) is 49.1 Å². The molecular weight excluding hydrogens is 242 g/mol. The Morgan fingerprint density at radius 1 is 1.21 bits per heavy atom. The molecule has 0 saturated heterocycles. The number of hydrogen-bond acceptors (Lipinski definition) is 2. The molecule has 0 aliphatic heterocycles. The molecule has 1 N–H and O–H groups in total. The van der Waals surface area contributed by atoms with Crippen LogP contribution in [0.1, 0.15) is 46.9 Å². The van der Waals surface area contributed by atoms with Crippen molar-refractivity contribution < 1.29 is 9.90 Å². The second-order valence-corrected chi connectivity index (χ2v) is 5.16. The lowest BCUT2D eigenvalue weighted by molar-refractivity contribution is 0.0694. The van der Waals surface area contributed by atoms with E-state index in [4.69, 9.17) is 5.11 Å². The lowest BCUT2D eigenvalue weighted by atomic mass is 10.0. The molecule has 0 unspecified atom stereocenters. The predicted molar refractivity (Wildman–Crippen MR) is 74.2 cm³/mol. The average Bonchev–Trinajstić information content (AvgIpc) is 2.32. The number of nitrogens with zero attached hydrogens (tertiary/aromatic N) is 1. The van der Waals surface area contributed by atoms with E-state index in [2.05, 4.69) is 13.8 Å². The van der Waals surface area contributed by atoms with Crippen LogP contribution in [0.2, 0.25) is 0 Å².